The molecule has 2 aromatic rings. The molecule has 0 saturated heterocycles. The van der Waals surface area contributed by atoms with Crippen LogP contribution in [0.5, 0.6) is 0 Å². The summed E-state index contributed by atoms with van der Waals surface area (Å²) in [4.78, 5) is 12.6. The smallest absolute Gasteiger partial charge is 0.304 e. The van der Waals surface area contributed by atoms with Crippen molar-refractivity contribution in [3.05, 3.63) is 58.1 Å². The Morgan fingerprint density at radius 1 is 1.12 bits per heavy atom. The lowest BCUT2D eigenvalue weighted by molar-refractivity contribution is -0.114. The topological polar surface area (TPSA) is 69.7 Å². The van der Waals surface area contributed by atoms with Gasteiger partial charge >= 0.3 is 10.2 Å². The number of nitrogens with one attached hydrogen (secondary N) is 1. The summed E-state index contributed by atoms with van der Waals surface area (Å²) in [6.45, 7) is 3.37. The molecule has 0 aliphatic carbocycles. The number of carbonyl (C=O) groups is 1. The SMILES string of the molecule is Cc1ccc(C)c(N(CC(=O)Nc2ccccc2Br)S(=O)(=O)N(C)C)c1. The monoisotopic (exact) mass is 439 g/mol. The van der Waals surface area contributed by atoms with E-state index in [9.17, 15) is 13.2 Å². The molecule has 0 heterocycles. The molecule has 26 heavy (non-hydrogen) atoms. The van der Waals surface area contributed by atoms with E-state index < -0.39 is 16.1 Å². The Morgan fingerprint density at radius 3 is 2.38 bits per heavy atom. The summed E-state index contributed by atoms with van der Waals surface area (Å²) in [5.74, 6) is -0.428. The molecule has 140 valence electrons. The number of nitrogens with zero attached hydrogens (tertiary/aromatic N) is 2. The highest BCUT2D eigenvalue weighted by Gasteiger charge is 2.28. The first kappa shape index (κ1) is 20.4. The van der Waals surface area contributed by atoms with Crippen molar-refractivity contribution in [3.63, 3.8) is 0 Å². The highest BCUT2D eigenvalue weighted by Crippen LogP contribution is 2.26. The predicted octanol–water partition coefficient (Wildman–Crippen LogP) is 3.32. The molecular formula is C18H22BrN3O3S. The van der Waals surface area contributed by atoms with Gasteiger partial charge in [-0.05, 0) is 59.1 Å². The fourth-order valence-corrected chi connectivity index (χ4v) is 3.86. The van der Waals surface area contributed by atoms with Gasteiger partial charge in [0.05, 0.1) is 11.4 Å². The standard InChI is InChI=1S/C18H22BrN3O3S/c1-13-9-10-14(2)17(11-13)22(26(24,25)21(3)4)12-18(23)20-16-8-6-5-7-15(16)19/h5-11H,12H2,1-4H3,(H,20,23). The van der Waals surface area contributed by atoms with Gasteiger partial charge in [0.15, 0.2) is 0 Å². The molecule has 0 aromatic heterocycles. The van der Waals surface area contributed by atoms with Crippen LogP contribution in [0.4, 0.5) is 11.4 Å². The van der Waals surface area contributed by atoms with Gasteiger partial charge in [0.25, 0.3) is 0 Å². The minimum atomic E-state index is -3.83. The Hall–Kier alpha value is -1.90. The van der Waals surface area contributed by atoms with E-state index in [2.05, 4.69) is 21.2 Å². The van der Waals surface area contributed by atoms with E-state index in [1.807, 2.05) is 32.0 Å². The Labute approximate surface area is 163 Å². The first-order valence-electron chi connectivity index (χ1n) is 7.94. The van der Waals surface area contributed by atoms with Crippen molar-refractivity contribution < 1.29 is 13.2 Å². The third-order valence-electron chi connectivity index (χ3n) is 3.81. The van der Waals surface area contributed by atoms with Crippen molar-refractivity contribution in [2.75, 3.05) is 30.3 Å². The van der Waals surface area contributed by atoms with Crippen LogP contribution in [-0.4, -0.2) is 39.3 Å². The maximum atomic E-state index is 12.8. The van der Waals surface area contributed by atoms with Crippen LogP contribution in [0.2, 0.25) is 0 Å². The lowest BCUT2D eigenvalue weighted by Crippen LogP contribution is -2.44. The number of benzene rings is 2. The molecule has 0 bridgehead atoms. The molecule has 0 fully saturated rings. The number of hydrogen-bond donors (Lipinski definition) is 1. The van der Waals surface area contributed by atoms with Crippen LogP contribution in [0.15, 0.2) is 46.9 Å². The van der Waals surface area contributed by atoms with Crippen molar-refractivity contribution in [2.45, 2.75) is 13.8 Å². The maximum Gasteiger partial charge on any atom is 0.304 e. The molecular weight excluding hydrogens is 418 g/mol. The summed E-state index contributed by atoms with van der Waals surface area (Å²) >= 11 is 3.36. The normalized spacial score (nSPS) is 11.5. The number of halogens is 1. The second-order valence-electron chi connectivity index (χ2n) is 6.11. The largest absolute Gasteiger partial charge is 0.323 e. The van der Waals surface area contributed by atoms with E-state index in [-0.39, 0.29) is 6.54 Å². The highest BCUT2D eigenvalue weighted by molar-refractivity contribution is 9.10. The van der Waals surface area contributed by atoms with Gasteiger partial charge in [-0.3, -0.25) is 4.79 Å². The van der Waals surface area contributed by atoms with Gasteiger partial charge in [-0.15, -0.1) is 0 Å². The minimum Gasteiger partial charge on any atom is -0.323 e. The van der Waals surface area contributed by atoms with Gasteiger partial charge in [0.1, 0.15) is 6.54 Å². The summed E-state index contributed by atoms with van der Waals surface area (Å²) in [6.07, 6.45) is 0. The van der Waals surface area contributed by atoms with E-state index in [4.69, 9.17) is 0 Å². The molecule has 0 aliphatic heterocycles. The lowest BCUT2D eigenvalue weighted by Gasteiger charge is -2.28. The first-order chi connectivity index (χ1) is 12.1. The van der Waals surface area contributed by atoms with E-state index in [1.54, 1.807) is 24.3 Å². The molecule has 0 unspecified atom stereocenters. The number of carbonyl (C=O) groups excluding carboxylic acids is 1. The fraction of sp³-hybridized carbons (Fsp3) is 0.278. The van der Waals surface area contributed by atoms with E-state index in [0.717, 1.165) is 24.2 Å². The Kier molecular flexibility index (Phi) is 6.44. The molecule has 2 rings (SSSR count). The van der Waals surface area contributed by atoms with Crippen LogP contribution in [-0.2, 0) is 15.0 Å². The number of anilines is 2. The predicted molar refractivity (Wildman–Crippen MR) is 109 cm³/mol. The number of rotatable bonds is 6. The minimum absolute atomic E-state index is 0.327. The quantitative estimate of drug-likeness (QED) is 0.750. The van der Waals surface area contributed by atoms with Gasteiger partial charge in [-0.25, -0.2) is 4.31 Å². The zero-order valence-electron chi connectivity index (χ0n) is 15.2. The van der Waals surface area contributed by atoms with Crippen LogP contribution >= 0.6 is 15.9 Å². The molecule has 0 radical (unpaired) electrons. The molecule has 8 heteroatoms. The van der Waals surface area contributed by atoms with Crippen molar-refractivity contribution in [2.24, 2.45) is 0 Å². The van der Waals surface area contributed by atoms with Gasteiger partial charge in [-0.1, -0.05) is 24.3 Å². The van der Waals surface area contributed by atoms with Gasteiger partial charge < -0.3 is 5.32 Å². The molecule has 0 saturated carbocycles. The first-order valence-corrected chi connectivity index (χ1v) is 10.1. The third-order valence-corrected chi connectivity index (χ3v) is 6.31. The summed E-state index contributed by atoms with van der Waals surface area (Å²) in [5, 5.41) is 2.75. The van der Waals surface area contributed by atoms with Crippen LogP contribution in [0.3, 0.4) is 0 Å². The highest BCUT2D eigenvalue weighted by atomic mass is 79.9. The number of amides is 1. The molecule has 0 atom stereocenters. The average molecular weight is 440 g/mol. The average Bonchev–Trinajstić information content (AvgIpc) is 2.57. The van der Waals surface area contributed by atoms with Crippen LogP contribution in [0, 0.1) is 13.8 Å². The van der Waals surface area contributed by atoms with Crippen molar-refractivity contribution in [1.82, 2.24) is 4.31 Å². The Bertz CT molecular complexity index is 914. The molecule has 1 amide bonds. The van der Waals surface area contributed by atoms with Crippen LogP contribution in [0.25, 0.3) is 0 Å². The molecule has 0 aliphatic rings. The zero-order valence-corrected chi connectivity index (χ0v) is 17.6. The summed E-state index contributed by atoms with van der Waals surface area (Å²) in [5.41, 5.74) is 2.76. The third kappa shape index (κ3) is 4.63. The molecule has 0 spiro atoms. The number of hydrogen-bond acceptors (Lipinski definition) is 3. The van der Waals surface area contributed by atoms with Crippen molar-refractivity contribution in [1.29, 1.82) is 0 Å². The maximum absolute atomic E-state index is 12.8. The van der Waals surface area contributed by atoms with E-state index >= 15 is 0 Å². The Balaban J connectivity index is 2.38. The van der Waals surface area contributed by atoms with Crippen LogP contribution in [0.1, 0.15) is 11.1 Å². The van der Waals surface area contributed by atoms with E-state index in [0.29, 0.717) is 11.4 Å². The number of aryl methyl sites for hydroxylation is 2. The molecule has 6 nitrogen and oxygen atoms in total. The second-order valence-corrected chi connectivity index (χ2v) is 9.04. The fourth-order valence-electron chi connectivity index (χ4n) is 2.36. The van der Waals surface area contributed by atoms with Crippen molar-refractivity contribution >= 4 is 43.4 Å². The lowest BCUT2D eigenvalue weighted by atomic mass is 10.1. The van der Waals surface area contributed by atoms with Gasteiger partial charge in [0, 0.05) is 18.6 Å². The van der Waals surface area contributed by atoms with Crippen LogP contribution < -0.4 is 9.62 Å². The van der Waals surface area contributed by atoms with Gasteiger partial charge in [0.2, 0.25) is 5.91 Å². The molecule has 2 aromatic carbocycles. The second kappa shape index (κ2) is 8.20. The zero-order chi connectivity index (χ0) is 19.5. The summed E-state index contributed by atoms with van der Waals surface area (Å²) < 4.78 is 28.6. The summed E-state index contributed by atoms with van der Waals surface area (Å²) in [6, 6.07) is 12.7. The van der Waals surface area contributed by atoms with Gasteiger partial charge in [-0.2, -0.15) is 12.7 Å². The van der Waals surface area contributed by atoms with Crippen molar-refractivity contribution in [3.8, 4) is 0 Å². The summed E-state index contributed by atoms with van der Waals surface area (Å²) in [7, 11) is -0.947. The molecule has 1 N–H and O–H groups in total. The Morgan fingerprint density at radius 2 is 1.77 bits per heavy atom. The number of para-hydroxylation sites is 1. The van der Waals surface area contributed by atoms with E-state index in [1.165, 1.54) is 14.1 Å².